The molecule has 2 aliphatic heterocycles. The molecule has 1 fully saturated rings. The maximum Gasteiger partial charge on any atom is 0.243 e. The maximum atomic E-state index is 13.2. The minimum absolute atomic E-state index is 0.0586. The van der Waals surface area contributed by atoms with Crippen LogP contribution in [-0.2, 0) is 14.8 Å². The average molecular weight is 417 g/mol. The third-order valence-corrected chi connectivity index (χ3v) is 8.42. The van der Waals surface area contributed by atoms with Gasteiger partial charge in [0.2, 0.25) is 15.9 Å². The molecule has 2 aliphatic rings. The predicted molar refractivity (Wildman–Crippen MR) is 112 cm³/mol. The number of nitrogens with zero attached hydrogens (tertiary/aromatic N) is 2. The highest BCUT2D eigenvalue weighted by Crippen LogP contribution is 2.38. The van der Waals surface area contributed by atoms with Crippen LogP contribution in [0.2, 0.25) is 0 Å². The second-order valence-electron chi connectivity index (χ2n) is 7.41. The Bertz CT molecular complexity index is 1000. The summed E-state index contributed by atoms with van der Waals surface area (Å²) >= 11 is 1.66. The fraction of sp³-hybridized carbons (Fsp3) is 0.381. The SMILES string of the molecule is CC(=O)N1CCSc2ccc(S(=O)(=O)N3CC[C@H](c4ccc(C)cc4)C3)cc21. The molecule has 0 unspecified atom stereocenters. The Morgan fingerprint density at radius 3 is 2.57 bits per heavy atom. The molecule has 0 radical (unpaired) electrons. The number of hydrogen-bond donors (Lipinski definition) is 0. The number of rotatable bonds is 3. The molecule has 4 rings (SSSR count). The second kappa shape index (κ2) is 7.54. The molecule has 0 aliphatic carbocycles. The van der Waals surface area contributed by atoms with Crippen molar-refractivity contribution in [3.05, 3.63) is 53.6 Å². The van der Waals surface area contributed by atoms with Crippen LogP contribution in [0.15, 0.2) is 52.3 Å². The summed E-state index contributed by atoms with van der Waals surface area (Å²) in [5.41, 5.74) is 3.10. The van der Waals surface area contributed by atoms with Crippen LogP contribution in [0.25, 0.3) is 0 Å². The van der Waals surface area contributed by atoms with Gasteiger partial charge in [-0.3, -0.25) is 4.79 Å². The zero-order chi connectivity index (χ0) is 19.9. The highest BCUT2D eigenvalue weighted by Gasteiger charge is 2.34. The van der Waals surface area contributed by atoms with Gasteiger partial charge in [-0.05, 0) is 43.0 Å². The van der Waals surface area contributed by atoms with E-state index in [0.717, 1.165) is 17.1 Å². The van der Waals surface area contributed by atoms with E-state index in [1.165, 1.54) is 18.1 Å². The van der Waals surface area contributed by atoms with Crippen LogP contribution in [0.3, 0.4) is 0 Å². The monoisotopic (exact) mass is 416 g/mol. The zero-order valence-corrected chi connectivity index (χ0v) is 17.7. The van der Waals surface area contributed by atoms with Crippen molar-refractivity contribution in [2.24, 2.45) is 0 Å². The van der Waals surface area contributed by atoms with Crippen LogP contribution in [-0.4, -0.2) is 44.0 Å². The number of carbonyl (C=O) groups excluding carboxylic acids is 1. The lowest BCUT2D eigenvalue weighted by Crippen LogP contribution is -2.34. The Morgan fingerprint density at radius 2 is 1.86 bits per heavy atom. The van der Waals surface area contributed by atoms with E-state index in [4.69, 9.17) is 0 Å². The topological polar surface area (TPSA) is 57.7 Å². The number of carbonyl (C=O) groups is 1. The van der Waals surface area contributed by atoms with Gasteiger partial charge in [0.05, 0.1) is 10.6 Å². The third kappa shape index (κ3) is 3.58. The van der Waals surface area contributed by atoms with E-state index in [2.05, 4.69) is 24.3 Å². The van der Waals surface area contributed by atoms with Crippen molar-refractivity contribution in [2.75, 3.05) is 30.3 Å². The fourth-order valence-electron chi connectivity index (χ4n) is 3.89. The largest absolute Gasteiger partial charge is 0.311 e. The number of anilines is 1. The van der Waals surface area contributed by atoms with Crippen molar-refractivity contribution in [1.29, 1.82) is 0 Å². The van der Waals surface area contributed by atoms with Crippen LogP contribution in [0.4, 0.5) is 5.69 Å². The van der Waals surface area contributed by atoms with Gasteiger partial charge in [-0.1, -0.05) is 29.8 Å². The lowest BCUT2D eigenvalue weighted by molar-refractivity contribution is -0.116. The van der Waals surface area contributed by atoms with E-state index in [1.54, 1.807) is 33.1 Å². The summed E-state index contributed by atoms with van der Waals surface area (Å²) in [6.07, 6.45) is 0.822. The first kappa shape index (κ1) is 19.5. The normalized spacial score (nSPS) is 20.2. The summed E-state index contributed by atoms with van der Waals surface area (Å²) in [7, 11) is -3.58. The lowest BCUT2D eigenvalue weighted by Gasteiger charge is -2.29. The minimum Gasteiger partial charge on any atom is -0.311 e. The summed E-state index contributed by atoms with van der Waals surface area (Å²) in [6, 6.07) is 13.5. The van der Waals surface area contributed by atoms with Gasteiger partial charge in [0.15, 0.2) is 0 Å². The van der Waals surface area contributed by atoms with Gasteiger partial charge in [-0.25, -0.2) is 8.42 Å². The maximum absolute atomic E-state index is 13.2. The molecule has 28 heavy (non-hydrogen) atoms. The summed E-state index contributed by atoms with van der Waals surface area (Å²) in [6.45, 7) is 5.19. The van der Waals surface area contributed by atoms with Gasteiger partial charge in [-0.15, -0.1) is 11.8 Å². The number of benzene rings is 2. The molecule has 5 nitrogen and oxygen atoms in total. The van der Waals surface area contributed by atoms with Crippen molar-refractivity contribution in [3.8, 4) is 0 Å². The first-order valence-electron chi connectivity index (χ1n) is 9.48. The molecule has 1 saturated heterocycles. The zero-order valence-electron chi connectivity index (χ0n) is 16.1. The highest BCUT2D eigenvalue weighted by atomic mass is 32.2. The van der Waals surface area contributed by atoms with Gasteiger partial charge >= 0.3 is 0 Å². The minimum atomic E-state index is -3.58. The molecule has 0 spiro atoms. The molecule has 1 amide bonds. The summed E-state index contributed by atoms with van der Waals surface area (Å²) < 4.78 is 28.1. The van der Waals surface area contributed by atoms with Gasteiger partial charge in [0, 0.05) is 37.2 Å². The molecule has 0 N–H and O–H groups in total. The van der Waals surface area contributed by atoms with Gasteiger partial charge in [0.25, 0.3) is 0 Å². The van der Waals surface area contributed by atoms with Crippen molar-refractivity contribution >= 4 is 33.4 Å². The Balaban J connectivity index is 1.60. The Morgan fingerprint density at radius 1 is 1.11 bits per heavy atom. The standard InChI is InChI=1S/C21H24N2O3S2/c1-15-3-5-17(6-4-15)18-9-10-22(14-18)28(25,26)19-7-8-21-20(13-19)23(16(2)24)11-12-27-21/h3-8,13,18H,9-12,14H2,1-2H3/t18-/m0/s1. The number of amides is 1. The van der Waals surface area contributed by atoms with Crippen LogP contribution >= 0.6 is 11.8 Å². The number of hydrogen-bond acceptors (Lipinski definition) is 4. The number of fused-ring (bicyclic) bond motifs is 1. The number of thioether (sulfide) groups is 1. The van der Waals surface area contributed by atoms with Crippen molar-refractivity contribution < 1.29 is 13.2 Å². The lowest BCUT2D eigenvalue weighted by atomic mass is 9.98. The molecule has 7 heteroatoms. The number of sulfonamides is 1. The quantitative estimate of drug-likeness (QED) is 0.767. The van der Waals surface area contributed by atoms with E-state index in [-0.39, 0.29) is 16.7 Å². The van der Waals surface area contributed by atoms with Crippen LogP contribution in [0, 0.1) is 6.92 Å². The Kier molecular flexibility index (Phi) is 5.24. The summed E-state index contributed by atoms with van der Waals surface area (Å²) in [5.74, 6) is 0.984. The molecular formula is C21H24N2O3S2. The fourth-order valence-corrected chi connectivity index (χ4v) is 6.39. The van der Waals surface area contributed by atoms with Crippen LogP contribution in [0.5, 0.6) is 0 Å². The Hall–Kier alpha value is -1.83. The van der Waals surface area contributed by atoms with E-state index in [0.29, 0.717) is 25.3 Å². The van der Waals surface area contributed by atoms with E-state index in [1.807, 2.05) is 13.0 Å². The molecule has 0 saturated carbocycles. The van der Waals surface area contributed by atoms with Crippen LogP contribution < -0.4 is 4.90 Å². The molecular weight excluding hydrogens is 392 g/mol. The molecule has 0 bridgehead atoms. The molecule has 148 valence electrons. The van der Waals surface area contributed by atoms with Crippen molar-refractivity contribution in [2.45, 2.75) is 36.0 Å². The van der Waals surface area contributed by atoms with Gasteiger partial charge in [-0.2, -0.15) is 4.31 Å². The first-order chi connectivity index (χ1) is 13.4. The van der Waals surface area contributed by atoms with E-state index >= 15 is 0 Å². The molecule has 2 aromatic carbocycles. The molecule has 2 aromatic rings. The van der Waals surface area contributed by atoms with E-state index < -0.39 is 10.0 Å². The summed E-state index contributed by atoms with van der Waals surface area (Å²) in [4.78, 5) is 14.9. The Labute approximate surface area is 170 Å². The molecule has 0 aromatic heterocycles. The first-order valence-corrected chi connectivity index (χ1v) is 11.9. The summed E-state index contributed by atoms with van der Waals surface area (Å²) in [5, 5.41) is 0. The van der Waals surface area contributed by atoms with Gasteiger partial charge < -0.3 is 4.90 Å². The molecule has 2 heterocycles. The van der Waals surface area contributed by atoms with Crippen molar-refractivity contribution in [3.63, 3.8) is 0 Å². The van der Waals surface area contributed by atoms with E-state index in [9.17, 15) is 13.2 Å². The van der Waals surface area contributed by atoms with Gasteiger partial charge in [0.1, 0.15) is 0 Å². The molecule has 1 atom stereocenters. The van der Waals surface area contributed by atoms with Crippen LogP contribution in [0.1, 0.15) is 30.4 Å². The average Bonchev–Trinajstić information content (AvgIpc) is 3.18. The smallest absolute Gasteiger partial charge is 0.243 e. The predicted octanol–water partition coefficient (Wildman–Crippen LogP) is 3.63. The third-order valence-electron chi connectivity index (χ3n) is 5.51. The van der Waals surface area contributed by atoms with Crippen molar-refractivity contribution in [1.82, 2.24) is 4.31 Å². The highest BCUT2D eigenvalue weighted by molar-refractivity contribution is 7.99. The second-order valence-corrected chi connectivity index (χ2v) is 10.5. The number of aryl methyl sites for hydroxylation is 1.